The van der Waals surface area contributed by atoms with Gasteiger partial charge in [-0.2, -0.15) is 0 Å². The summed E-state index contributed by atoms with van der Waals surface area (Å²) in [4.78, 5) is 17.7. The first-order chi connectivity index (χ1) is 18.5. The summed E-state index contributed by atoms with van der Waals surface area (Å²) in [7, 11) is -4.19. The molecule has 0 radical (unpaired) electrons. The van der Waals surface area contributed by atoms with Crippen molar-refractivity contribution in [2.45, 2.75) is 57.6 Å². The van der Waals surface area contributed by atoms with E-state index in [1.165, 1.54) is 0 Å². The van der Waals surface area contributed by atoms with Gasteiger partial charge in [0.2, 0.25) is 0 Å². The second-order valence-electron chi connectivity index (χ2n) is 10.0. The summed E-state index contributed by atoms with van der Waals surface area (Å²) in [5.74, 6) is -0.0477. The van der Waals surface area contributed by atoms with Crippen molar-refractivity contribution in [3.8, 4) is 11.5 Å². The highest BCUT2D eigenvalue weighted by Gasteiger charge is 2.42. The molecule has 9 heteroatoms. The fraction of sp³-hybridized carbons (Fsp3) is 0.267. The van der Waals surface area contributed by atoms with Gasteiger partial charge in [-0.1, -0.05) is 24.3 Å². The number of hydrogen-bond acceptors (Lipinski definition) is 6. The van der Waals surface area contributed by atoms with Crippen molar-refractivity contribution in [2.24, 2.45) is 0 Å². The van der Waals surface area contributed by atoms with E-state index in [0.29, 0.717) is 18.8 Å². The molecule has 0 bridgehead atoms. The monoisotopic (exact) mass is 548 g/mol. The lowest BCUT2D eigenvalue weighted by Gasteiger charge is -2.36. The van der Waals surface area contributed by atoms with Crippen molar-refractivity contribution in [3.05, 3.63) is 94.4 Å². The van der Waals surface area contributed by atoms with Gasteiger partial charge in [0, 0.05) is 17.4 Å². The number of para-hydroxylation sites is 1. The summed E-state index contributed by atoms with van der Waals surface area (Å²) in [5.41, 5.74) is 3.82. The van der Waals surface area contributed by atoms with E-state index >= 15 is 0 Å². The van der Waals surface area contributed by atoms with E-state index in [-0.39, 0.29) is 11.3 Å². The van der Waals surface area contributed by atoms with Gasteiger partial charge in [0.25, 0.3) is 15.9 Å². The maximum Gasteiger partial charge on any atom is 0.277 e. The fourth-order valence-electron chi connectivity index (χ4n) is 4.85. The second-order valence-corrected chi connectivity index (χ2v) is 11.7. The number of nitrogens with one attached hydrogen (secondary N) is 1. The number of benzene rings is 3. The summed E-state index contributed by atoms with van der Waals surface area (Å²) >= 11 is 0. The van der Waals surface area contributed by atoms with Gasteiger partial charge in [0.1, 0.15) is 23.9 Å². The van der Waals surface area contributed by atoms with E-state index in [1.54, 1.807) is 6.92 Å². The molecule has 5 rings (SSSR count). The largest absolute Gasteiger partial charge is 0.487 e. The topological polar surface area (TPSA) is 94.6 Å². The summed E-state index contributed by atoms with van der Waals surface area (Å²) in [5, 5.41) is 1.06. The van der Waals surface area contributed by atoms with E-state index in [4.69, 9.17) is 14.5 Å². The average molecular weight is 549 g/mol. The Kier molecular flexibility index (Phi) is 6.80. The lowest BCUT2D eigenvalue weighted by atomic mass is 9.87. The molecule has 7 nitrogen and oxygen atoms in total. The molecule has 1 amide bonds. The molecule has 39 heavy (non-hydrogen) atoms. The van der Waals surface area contributed by atoms with Gasteiger partial charge < -0.3 is 9.47 Å². The maximum atomic E-state index is 13.2. The minimum atomic E-state index is -4.19. The molecule has 4 aromatic rings. The number of nitrogens with zero attached hydrogens (tertiary/aromatic N) is 1. The molecule has 202 valence electrons. The number of carbonyl (C=O) groups is 1. The highest BCUT2D eigenvalue weighted by Crippen LogP contribution is 2.44. The lowest BCUT2D eigenvalue weighted by Crippen LogP contribution is -2.52. The van der Waals surface area contributed by atoms with Crippen LogP contribution in [0.1, 0.15) is 41.3 Å². The van der Waals surface area contributed by atoms with Gasteiger partial charge in [0.05, 0.1) is 16.1 Å². The number of ether oxygens (including phenoxy) is 2. The first-order valence-corrected chi connectivity index (χ1v) is 14.1. The zero-order valence-corrected chi connectivity index (χ0v) is 23.0. The Hall–Kier alpha value is -3.98. The number of carbonyl (C=O) groups excluding carboxylic acids is 1. The van der Waals surface area contributed by atoms with E-state index < -0.39 is 27.3 Å². The van der Waals surface area contributed by atoms with Crippen LogP contribution >= 0.6 is 0 Å². The molecule has 1 N–H and O–H groups in total. The Morgan fingerprint density at radius 3 is 2.49 bits per heavy atom. The van der Waals surface area contributed by atoms with Crippen LogP contribution in [0.15, 0.2) is 65.6 Å². The molecule has 1 unspecified atom stereocenters. The van der Waals surface area contributed by atoms with Crippen molar-refractivity contribution in [1.29, 1.82) is 0 Å². The van der Waals surface area contributed by atoms with Crippen molar-refractivity contribution in [2.75, 3.05) is 0 Å². The van der Waals surface area contributed by atoms with Gasteiger partial charge in [0.15, 0.2) is 5.60 Å². The van der Waals surface area contributed by atoms with Crippen LogP contribution < -0.4 is 14.2 Å². The predicted octanol–water partition coefficient (Wildman–Crippen LogP) is 5.47. The standard InChI is InChI=1S/C30H29FN2O5S/c1-18-19(2)28-25(20(3)27(18)37-17-23-12-9-21-7-5-6-8-26(21)32-23)15-16-30(4,38-28)29(34)33-39(35,36)24-13-10-22(31)11-14-24/h5-14H,15-17H2,1-4H3,(H,33,34). The minimum Gasteiger partial charge on any atom is -0.487 e. The highest BCUT2D eigenvalue weighted by molar-refractivity contribution is 7.90. The van der Waals surface area contributed by atoms with Crippen LogP contribution in [0.25, 0.3) is 10.9 Å². The number of pyridine rings is 1. The van der Waals surface area contributed by atoms with Crippen molar-refractivity contribution >= 4 is 26.8 Å². The Balaban J connectivity index is 1.37. The Bertz CT molecular complexity index is 1700. The number of rotatable bonds is 6. The first-order valence-electron chi connectivity index (χ1n) is 12.6. The third kappa shape index (κ3) is 5.06. The van der Waals surface area contributed by atoms with Gasteiger partial charge in [-0.25, -0.2) is 22.5 Å². The molecule has 0 saturated heterocycles. The molecule has 0 aliphatic carbocycles. The lowest BCUT2D eigenvalue weighted by molar-refractivity contribution is -0.134. The van der Waals surface area contributed by atoms with Gasteiger partial charge in [-0.05, 0) is 87.2 Å². The van der Waals surface area contributed by atoms with E-state index in [1.807, 2.05) is 57.2 Å². The van der Waals surface area contributed by atoms with E-state index in [2.05, 4.69) is 4.72 Å². The quantitative estimate of drug-likeness (QED) is 0.344. The number of sulfonamides is 1. The smallest absolute Gasteiger partial charge is 0.277 e. The molecular formula is C30H29FN2O5S. The third-order valence-electron chi connectivity index (χ3n) is 7.34. The number of aromatic nitrogens is 1. The Morgan fingerprint density at radius 1 is 1.03 bits per heavy atom. The molecule has 0 fully saturated rings. The second kappa shape index (κ2) is 9.96. The summed E-state index contributed by atoms with van der Waals surface area (Å²) in [6.45, 7) is 7.66. The molecule has 1 aromatic heterocycles. The van der Waals surface area contributed by atoms with E-state index in [9.17, 15) is 17.6 Å². The molecule has 1 aliphatic rings. The molecule has 1 atom stereocenters. The predicted molar refractivity (Wildman–Crippen MR) is 146 cm³/mol. The molecule has 1 aliphatic heterocycles. The SMILES string of the molecule is Cc1c(C)c2c(c(C)c1OCc1ccc3ccccc3n1)CCC(C)(C(=O)NS(=O)(=O)c1ccc(F)cc1)O2. The number of halogens is 1. The zero-order valence-electron chi connectivity index (χ0n) is 22.2. The highest BCUT2D eigenvalue weighted by atomic mass is 32.2. The summed E-state index contributed by atoms with van der Waals surface area (Å²) in [6.07, 6.45) is 0.757. The fourth-order valence-corrected chi connectivity index (χ4v) is 5.92. The van der Waals surface area contributed by atoms with Crippen LogP contribution in [0.2, 0.25) is 0 Å². The first kappa shape index (κ1) is 26.6. The van der Waals surface area contributed by atoms with Crippen LogP contribution in [0, 0.1) is 26.6 Å². The van der Waals surface area contributed by atoms with Crippen LogP contribution in [0.4, 0.5) is 4.39 Å². The molecular weight excluding hydrogens is 519 g/mol. The molecule has 2 heterocycles. The third-order valence-corrected chi connectivity index (χ3v) is 8.69. The normalized spacial score (nSPS) is 16.8. The van der Waals surface area contributed by atoms with Crippen LogP contribution in [-0.2, 0) is 27.8 Å². The zero-order chi connectivity index (χ0) is 27.9. The molecule has 0 saturated carbocycles. The number of amides is 1. The van der Waals surface area contributed by atoms with Crippen molar-refractivity contribution in [1.82, 2.24) is 9.71 Å². The summed E-state index contributed by atoms with van der Waals surface area (Å²) < 4.78 is 53.3. The van der Waals surface area contributed by atoms with Crippen molar-refractivity contribution in [3.63, 3.8) is 0 Å². The average Bonchev–Trinajstić information content (AvgIpc) is 2.91. The Morgan fingerprint density at radius 2 is 1.74 bits per heavy atom. The van der Waals surface area contributed by atoms with Gasteiger partial charge >= 0.3 is 0 Å². The molecule has 3 aromatic carbocycles. The Labute approximate surface area is 227 Å². The minimum absolute atomic E-state index is 0.206. The van der Waals surface area contributed by atoms with E-state index in [0.717, 1.165) is 68.9 Å². The van der Waals surface area contributed by atoms with Gasteiger partial charge in [-0.15, -0.1) is 0 Å². The number of fused-ring (bicyclic) bond motifs is 2. The summed E-state index contributed by atoms with van der Waals surface area (Å²) in [6, 6.07) is 16.1. The van der Waals surface area contributed by atoms with Gasteiger partial charge in [-0.3, -0.25) is 4.79 Å². The maximum absolute atomic E-state index is 13.2. The van der Waals surface area contributed by atoms with Crippen LogP contribution in [0.3, 0.4) is 0 Å². The van der Waals surface area contributed by atoms with Crippen LogP contribution in [0.5, 0.6) is 11.5 Å². The molecule has 0 spiro atoms. The van der Waals surface area contributed by atoms with Crippen molar-refractivity contribution < 1.29 is 27.1 Å². The van der Waals surface area contributed by atoms with Crippen LogP contribution in [-0.4, -0.2) is 24.9 Å². The number of hydrogen-bond donors (Lipinski definition) is 1.